The number of carboxylic acids is 1. The van der Waals surface area contributed by atoms with Crippen LogP contribution in [0.5, 0.6) is 0 Å². The van der Waals surface area contributed by atoms with Crippen LogP contribution in [-0.4, -0.2) is 31.0 Å². The number of nitrogens with zero attached hydrogens (tertiary/aromatic N) is 1. The first kappa shape index (κ1) is 11.0. The maximum Gasteiger partial charge on any atom is 0.324 e. The third kappa shape index (κ3) is 1.29. The van der Waals surface area contributed by atoms with Gasteiger partial charge in [0, 0.05) is 0 Å². The first-order chi connectivity index (χ1) is 7.88. The minimum atomic E-state index is -2.92. The summed E-state index contributed by atoms with van der Waals surface area (Å²) in [7, 11) is -2.92. The molecule has 0 spiro atoms. The van der Waals surface area contributed by atoms with E-state index in [4.69, 9.17) is 10.4 Å². The van der Waals surface area contributed by atoms with Crippen LogP contribution < -0.4 is 0 Å². The molecule has 92 valence electrons. The lowest BCUT2D eigenvalue weighted by Gasteiger charge is -2.43. The molecular weight excluding hydrogens is 242 g/mol. The first-order valence-corrected chi connectivity index (χ1v) is 7.56. The van der Waals surface area contributed by atoms with Crippen molar-refractivity contribution in [1.82, 2.24) is 0 Å². The zero-order valence-corrected chi connectivity index (χ0v) is 9.98. The van der Waals surface area contributed by atoms with Gasteiger partial charge in [0.15, 0.2) is 15.3 Å². The predicted molar refractivity (Wildman–Crippen MR) is 57.5 cm³/mol. The molecule has 5 atom stereocenters. The molecule has 0 aromatic rings. The van der Waals surface area contributed by atoms with Crippen LogP contribution in [0.4, 0.5) is 0 Å². The Bertz CT molecular complexity index is 506. The molecule has 2 saturated carbocycles. The Morgan fingerprint density at radius 1 is 1.18 bits per heavy atom. The van der Waals surface area contributed by atoms with E-state index in [-0.39, 0.29) is 35.2 Å². The molecule has 1 unspecified atom stereocenters. The lowest BCUT2D eigenvalue weighted by molar-refractivity contribution is -0.145. The van der Waals surface area contributed by atoms with E-state index in [0.717, 1.165) is 0 Å². The van der Waals surface area contributed by atoms with Crippen molar-refractivity contribution in [2.75, 3.05) is 11.5 Å². The molecule has 3 aliphatic rings. The van der Waals surface area contributed by atoms with Crippen LogP contribution >= 0.6 is 0 Å². The highest BCUT2D eigenvalue weighted by Crippen LogP contribution is 2.63. The fourth-order valence-electron chi connectivity index (χ4n) is 4.08. The van der Waals surface area contributed by atoms with Crippen molar-refractivity contribution in [2.45, 2.75) is 12.8 Å². The van der Waals surface area contributed by atoms with E-state index in [2.05, 4.69) is 0 Å². The Morgan fingerprint density at radius 2 is 1.65 bits per heavy atom. The Balaban J connectivity index is 1.86. The summed E-state index contributed by atoms with van der Waals surface area (Å²) in [6.45, 7) is 0. The van der Waals surface area contributed by atoms with E-state index in [1.54, 1.807) is 0 Å². The molecule has 0 amide bonds. The second kappa shape index (κ2) is 3.02. The lowest BCUT2D eigenvalue weighted by atomic mass is 9.60. The van der Waals surface area contributed by atoms with Crippen molar-refractivity contribution in [3.8, 4) is 6.07 Å². The molecule has 1 heterocycles. The number of aliphatic carboxylic acids is 1. The van der Waals surface area contributed by atoms with Gasteiger partial charge in [0.05, 0.1) is 17.6 Å². The minimum absolute atomic E-state index is 0.111. The number of rotatable bonds is 1. The van der Waals surface area contributed by atoms with Gasteiger partial charge in [0.25, 0.3) is 0 Å². The van der Waals surface area contributed by atoms with Crippen LogP contribution in [0.15, 0.2) is 0 Å². The topological polar surface area (TPSA) is 95.2 Å². The molecule has 3 fully saturated rings. The van der Waals surface area contributed by atoms with Gasteiger partial charge in [-0.1, -0.05) is 0 Å². The highest BCUT2D eigenvalue weighted by atomic mass is 32.2. The fourth-order valence-corrected chi connectivity index (χ4v) is 6.38. The van der Waals surface area contributed by atoms with Crippen LogP contribution in [0.2, 0.25) is 0 Å². The summed E-state index contributed by atoms with van der Waals surface area (Å²) in [5.74, 6) is -0.171. The molecule has 6 heteroatoms. The van der Waals surface area contributed by atoms with E-state index in [0.29, 0.717) is 12.8 Å². The molecule has 0 radical (unpaired) electrons. The van der Waals surface area contributed by atoms with E-state index < -0.39 is 21.2 Å². The number of fused-ring (bicyclic) bond motifs is 4. The summed E-state index contributed by atoms with van der Waals surface area (Å²) in [4.78, 5) is 11.2. The van der Waals surface area contributed by atoms with Gasteiger partial charge in [-0.25, -0.2) is 8.42 Å². The third-order valence-electron chi connectivity index (χ3n) is 4.88. The van der Waals surface area contributed by atoms with Crippen molar-refractivity contribution in [3.63, 3.8) is 0 Å². The molecule has 1 saturated heterocycles. The molecule has 0 aromatic carbocycles. The van der Waals surface area contributed by atoms with Gasteiger partial charge >= 0.3 is 5.97 Å². The monoisotopic (exact) mass is 255 g/mol. The maximum absolute atomic E-state index is 11.5. The average Bonchev–Trinajstić information content (AvgIpc) is 2.73. The molecule has 2 aliphatic carbocycles. The summed E-state index contributed by atoms with van der Waals surface area (Å²) in [6, 6.07) is 1.94. The van der Waals surface area contributed by atoms with Crippen molar-refractivity contribution in [2.24, 2.45) is 29.1 Å². The number of nitriles is 1. The van der Waals surface area contributed by atoms with E-state index in [1.165, 1.54) is 0 Å². The molecule has 5 nitrogen and oxygen atoms in total. The molecule has 0 aromatic heterocycles. The molecular formula is C11H13NO4S. The standard InChI is InChI=1S/C11H13NO4S/c12-5-11(10(13)14)1-6-7(2-11)9-4-17(15,16)3-8(6)9/h6-9H,1-4H2,(H,13,14)/t6-,7+,8+,9-,11?. The summed E-state index contributed by atoms with van der Waals surface area (Å²) >= 11 is 0. The normalized spacial score (nSPS) is 49.8. The highest BCUT2D eigenvalue weighted by molar-refractivity contribution is 7.91. The Morgan fingerprint density at radius 3 is 2.00 bits per heavy atom. The fraction of sp³-hybridized carbons (Fsp3) is 0.818. The number of hydrogen-bond donors (Lipinski definition) is 1. The van der Waals surface area contributed by atoms with E-state index in [9.17, 15) is 13.2 Å². The van der Waals surface area contributed by atoms with Gasteiger partial charge in [-0.3, -0.25) is 4.79 Å². The second-order valence-electron chi connectivity index (χ2n) is 5.64. The van der Waals surface area contributed by atoms with Crippen molar-refractivity contribution < 1.29 is 18.3 Å². The average molecular weight is 255 g/mol. The minimum Gasteiger partial charge on any atom is -0.480 e. The van der Waals surface area contributed by atoms with Crippen LogP contribution in [-0.2, 0) is 14.6 Å². The second-order valence-corrected chi connectivity index (χ2v) is 7.79. The van der Waals surface area contributed by atoms with Gasteiger partial charge in [-0.15, -0.1) is 0 Å². The van der Waals surface area contributed by atoms with Crippen LogP contribution in [0.1, 0.15) is 12.8 Å². The molecule has 1 aliphatic heterocycles. The van der Waals surface area contributed by atoms with Gasteiger partial charge < -0.3 is 5.11 Å². The number of sulfone groups is 1. The Hall–Kier alpha value is -1.09. The van der Waals surface area contributed by atoms with Crippen molar-refractivity contribution in [3.05, 3.63) is 0 Å². The number of carboxylic acid groups (broad SMARTS) is 1. The first-order valence-electron chi connectivity index (χ1n) is 5.74. The number of carbonyl (C=O) groups is 1. The maximum atomic E-state index is 11.5. The summed E-state index contributed by atoms with van der Waals surface area (Å²) in [6.07, 6.45) is 0.667. The van der Waals surface area contributed by atoms with Gasteiger partial charge in [0.2, 0.25) is 0 Å². The van der Waals surface area contributed by atoms with Gasteiger partial charge in [-0.05, 0) is 36.5 Å². The van der Waals surface area contributed by atoms with Gasteiger partial charge in [-0.2, -0.15) is 5.26 Å². The molecule has 17 heavy (non-hydrogen) atoms. The molecule has 1 N–H and O–H groups in total. The zero-order chi connectivity index (χ0) is 12.4. The quantitative estimate of drug-likeness (QED) is 0.726. The lowest BCUT2D eigenvalue weighted by Crippen LogP contribution is -2.42. The van der Waals surface area contributed by atoms with Crippen molar-refractivity contribution >= 4 is 15.8 Å². The van der Waals surface area contributed by atoms with Crippen LogP contribution in [0.3, 0.4) is 0 Å². The number of hydrogen-bond acceptors (Lipinski definition) is 4. The van der Waals surface area contributed by atoms with Gasteiger partial charge in [0.1, 0.15) is 0 Å². The largest absolute Gasteiger partial charge is 0.480 e. The molecule has 0 bridgehead atoms. The zero-order valence-electron chi connectivity index (χ0n) is 9.17. The predicted octanol–water partition coefficient (Wildman–Crippen LogP) is 0.282. The van der Waals surface area contributed by atoms with Crippen molar-refractivity contribution in [1.29, 1.82) is 5.26 Å². The van der Waals surface area contributed by atoms with E-state index >= 15 is 0 Å². The summed E-state index contributed by atoms with van der Waals surface area (Å²) < 4.78 is 23.0. The Kier molecular flexibility index (Phi) is 1.96. The summed E-state index contributed by atoms with van der Waals surface area (Å²) in [5, 5.41) is 18.2. The SMILES string of the molecule is N#CC1(C(=O)O)C[C@@H]2[C@H](C1)[C@H]1CS(=O)(=O)C[C@@H]21. The third-order valence-corrected chi connectivity index (χ3v) is 6.67. The smallest absolute Gasteiger partial charge is 0.324 e. The highest BCUT2D eigenvalue weighted by Gasteiger charge is 2.65. The van der Waals surface area contributed by atoms with E-state index in [1.807, 2.05) is 6.07 Å². The Labute approximate surface area is 99.3 Å². The summed E-state index contributed by atoms with van der Waals surface area (Å²) in [5.41, 5.74) is -1.26. The van der Waals surface area contributed by atoms with Crippen LogP contribution in [0.25, 0.3) is 0 Å². The van der Waals surface area contributed by atoms with Crippen LogP contribution in [0, 0.1) is 40.4 Å². The molecule has 3 rings (SSSR count).